The van der Waals surface area contributed by atoms with Crippen LogP contribution >= 0.6 is 11.8 Å². The number of para-hydroxylation sites is 1. The third-order valence-electron chi connectivity index (χ3n) is 9.48. The van der Waals surface area contributed by atoms with Gasteiger partial charge in [-0.05, 0) is 66.5 Å². The molecule has 0 saturated carbocycles. The normalized spacial score (nSPS) is 16.9. The number of aldehydes is 1. The van der Waals surface area contributed by atoms with E-state index in [2.05, 4.69) is 26.3 Å². The molecular weight excluding hydrogens is 737 g/mol. The van der Waals surface area contributed by atoms with Crippen LogP contribution in [0.5, 0.6) is 0 Å². The first-order valence-electron chi connectivity index (χ1n) is 18.6. The Balaban J connectivity index is 1.58. The van der Waals surface area contributed by atoms with E-state index < -0.39 is 65.8 Å². The summed E-state index contributed by atoms with van der Waals surface area (Å²) in [5.74, 6) is -3.82. The predicted octanol–water partition coefficient (Wildman–Crippen LogP) is 1.21. The smallest absolute Gasteiger partial charge is 0.247 e. The van der Waals surface area contributed by atoms with Crippen molar-refractivity contribution in [2.45, 2.75) is 88.6 Å². The zero-order valence-corrected chi connectivity index (χ0v) is 32.7. The number of carbonyl (C=O) groups is 7. The summed E-state index contributed by atoms with van der Waals surface area (Å²) < 4.78 is 0. The Hall–Kier alpha value is -5.48. The molecule has 0 bridgehead atoms. The van der Waals surface area contributed by atoms with Crippen molar-refractivity contribution in [1.82, 2.24) is 31.2 Å². The second-order valence-corrected chi connectivity index (χ2v) is 15.0. The van der Waals surface area contributed by atoms with Crippen LogP contribution < -0.4 is 32.7 Å². The fourth-order valence-corrected chi connectivity index (χ4v) is 6.88. The number of nitrogens with one attached hydrogen (secondary N) is 5. The first-order chi connectivity index (χ1) is 26.8. The number of likely N-dealkylation sites (tertiary alicyclic amines) is 1. The monoisotopic (exact) mass is 788 g/mol. The number of hydrogen-bond donors (Lipinski definition) is 7. The van der Waals surface area contributed by atoms with Crippen molar-refractivity contribution in [3.8, 4) is 0 Å². The molecule has 9 N–H and O–H groups in total. The van der Waals surface area contributed by atoms with E-state index in [1.54, 1.807) is 17.9 Å². The molecule has 6 atom stereocenters. The van der Waals surface area contributed by atoms with E-state index in [4.69, 9.17) is 11.5 Å². The van der Waals surface area contributed by atoms with Gasteiger partial charge in [0, 0.05) is 36.5 Å². The van der Waals surface area contributed by atoms with Crippen LogP contribution in [0.4, 0.5) is 0 Å². The second-order valence-electron chi connectivity index (χ2n) is 14.3. The molecule has 1 fully saturated rings. The van der Waals surface area contributed by atoms with Crippen LogP contribution in [-0.2, 0) is 46.4 Å². The number of carbonyl (C=O) groups excluding carboxylic acids is 7. The summed E-state index contributed by atoms with van der Waals surface area (Å²) in [6.45, 7) is 4.12. The Morgan fingerprint density at radius 1 is 0.911 bits per heavy atom. The third-order valence-corrected chi connectivity index (χ3v) is 9.91. The molecule has 3 aromatic rings. The summed E-state index contributed by atoms with van der Waals surface area (Å²) >= 11 is 1.27. The standard InChI is InChI=1S/C40H52N8O7S/c1-24(2)19-34(48-17-15-29(41)40(48)55)39(54)46-32(16-18-56-3)37(52)45-31(13-14-35(42)50)36(51)47-33(21-26-22-43-30-12-8-7-11-28(26)30)38(53)44-27(23-49)20-25-9-5-4-6-10-25/h4-12,16,18,22-24,27,29,31-34,43H,13-15,17,19-21,41H2,1-3H3,(H2,42,50)(H,44,53)(H,45,52)(H,46,54)(H,47,51)/b18-16+. The first-order valence-corrected chi connectivity index (χ1v) is 19.9. The minimum atomic E-state index is -1.37. The van der Waals surface area contributed by atoms with Crippen molar-refractivity contribution >= 4 is 64.4 Å². The Kier molecular flexibility index (Phi) is 16.2. The molecule has 16 heteroatoms. The number of fused-ring (bicyclic) bond motifs is 1. The van der Waals surface area contributed by atoms with Crippen LogP contribution in [-0.4, -0.2) is 101 Å². The highest BCUT2D eigenvalue weighted by Crippen LogP contribution is 2.21. The van der Waals surface area contributed by atoms with Crippen molar-refractivity contribution in [3.63, 3.8) is 0 Å². The number of amides is 6. The molecule has 1 aromatic heterocycles. The number of primary amides is 1. The second kappa shape index (κ2) is 21.0. The van der Waals surface area contributed by atoms with Crippen molar-refractivity contribution in [2.24, 2.45) is 17.4 Å². The van der Waals surface area contributed by atoms with Crippen LogP contribution in [0.25, 0.3) is 10.9 Å². The Morgan fingerprint density at radius 3 is 2.23 bits per heavy atom. The Morgan fingerprint density at radius 2 is 1.59 bits per heavy atom. The molecule has 56 heavy (non-hydrogen) atoms. The Bertz CT molecular complexity index is 1880. The van der Waals surface area contributed by atoms with E-state index in [1.807, 2.05) is 68.4 Å². The maximum atomic E-state index is 14.1. The van der Waals surface area contributed by atoms with E-state index in [-0.39, 0.29) is 37.5 Å². The van der Waals surface area contributed by atoms with Gasteiger partial charge >= 0.3 is 0 Å². The van der Waals surface area contributed by atoms with E-state index in [0.717, 1.165) is 16.5 Å². The summed E-state index contributed by atoms with van der Waals surface area (Å²) in [4.78, 5) is 97.1. The number of nitrogens with zero attached hydrogens (tertiary/aromatic N) is 1. The summed E-state index contributed by atoms with van der Waals surface area (Å²) in [6.07, 6.45) is 6.01. The van der Waals surface area contributed by atoms with Crippen LogP contribution in [0.2, 0.25) is 0 Å². The number of benzene rings is 2. The average Bonchev–Trinajstić information content (AvgIpc) is 3.74. The summed E-state index contributed by atoms with van der Waals surface area (Å²) in [5.41, 5.74) is 13.7. The van der Waals surface area contributed by atoms with Gasteiger partial charge in [0.2, 0.25) is 35.4 Å². The average molecular weight is 789 g/mol. The summed E-state index contributed by atoms with van der Waals surface area (Å²) in [6, 6.07) is 10.2. The van der Waals surface area contributed by atoms with E-state index in [0.29, 0.717) is 31.2 Å². The highest BCUT2D eigenvalue weighted by atomic mass is 32.2. The highest BCUT2D eigenvalue weighted by Gasteiger charge is 2.39. The lowest BCUT2D eigenvalue weighted by Crippen LogP contribution is -2.59. The van der Waals surface area contributed by atoms with Crippen molar-refractivity contribution in [2.75, 3.05) is 12.8 Å². The number of aromatic amines is 1. The molecule has 0 spiro atoms. The van der Waals surface area contributed by atoms with Crippen LogP contribution in [0.3, 0.4) is 0 Å². The minimum absolute atomic E-state index is 0.0141. The van der Waals surface area contributed by atoms with Gasteiger partial charge in [-0.1, -0.05) is 62.4 Å². The van der Waals surface area contributed by atoms with Crippen molar-refractivity contribution in [3.05, 3.63) is 83.4 Å². The molecule has 6 amide bonds. The Labute approximate surface area is 330 Å². The molecule has 1 aliphatic heterocycles. The van der Waals surface area contributed by atoms with Gasteiger partial charge in [-0.3, -0.25) is 28.8 Å². The third kappa shape index (κ3) is 12.3. The maximum absolute atomic E-state index is 14.1. The molecule has 1 aliphatic rings. The quantitative estimate of drug-likeness (QED) is 0.0767. The summed E-state index contributed by atoms with van der Waals surface area (Å²) in [5, 5.41) is 13.3. The number of aromatic nitrogens is 1. The van der Waals surface area contributed by atoms with E-state index >= 15 is 0 Å². The molecule has 1 saturated heterocycles. The van der Waals surface area contributed by atoms with E-state index in [9.17, 15) is 33.6 Å². The fraction of sp³-hybridized carbons (Fsp3) is 0.425. The topological polar surface area (TPSA) is 239 Å². The number of hydrogen-bond acceptors (Lipinski definition) is 9. The van der Waals surface area contributed by atoms with Gasteiger partial charge in [0.05, 0.1) is 12.1 Å². The van der Waals surface area contributed by atoms with Gasteiger partial charge in [0.15, 0.2) is 0 Å². The van der Waals surface area contributed by atoms with Crippen LogP contribution in [0.1, 0.15) is 50.7 Å². The molecular formula is C40H52N8O7S. The minimum Gasteiger partial charge on any atom is -0.370 e. The maximum Gasteiger partial charge on any atom is 0.247 e. The molecule has 4 rings (SSSR count). The lowest BCUT2D eigenvalue weighted by molar-refractivity contribution is -0.139. The van der Waals surface area contributed by atoms with Gasteiger partial charge in [-0.15, -0.1) is 11.8 Å². The molecule has 6 unspecified atom stereocenters. The van der Waals surface area contributed by atoms with Crippen molar-refractivity contribution in [1.29, 1.82) is 0 Å². The largest absolute Gasteiger partial charge is 0.370 e. The zero-order valence-electron chi connectivity index (χ0n) is 31.9. The molecule has 0 aliphatic carbocycles. The SMILES string of the molecule is CS/C=C/C(NC(=O)C(CC(C)C)N1CCC(N)C1=O)C(=O)NC(CCC(N)=O)C(=O)NC(Cc1c[nH]c2ccccc12)C(=O)NC(C=O)Cc1ccccc1. The summed E-state index contributed by atoms with van der Waals surface area (Å²) in [7, 11) is 0. The van der Waals surface area contributed by atoms with Gasteiger partial charge in [0.25, 0.3) is 0 Å². The number of H-pyrrole nitrogens is 1. The molecule has 300 valence electrons. The predicted molar refractivity (Wildman–Crippen MR) is 215 cm³/mol. The highest BCUT2D eigenvalue weighted by molar-refractivity contribution is 8.01. The van der Waals surface area contributed by atoms with Crippen LogP contribution in [0.15, 0.2) is 72.3 Å². The van der Waals surface area contributed by atoms with Gasteiger partial charge in [-0.2, -0.15) is 0 Å². The molecule has 15 nitrogen and oxygen atoms in total. The number of nitrogens with two attached hydrogens (primary N) is 2. The molecule has 2 heterocycles. The van der Waals surface area contributed by atoms with E-state index in [1.165, 1.54) is 22.7 Å². The van der Waals surface area contributed by atoms with Crippen LogP contribution in [0, 0.1) is 5.92 Å². The van der Waals surface area contributed by atoms with Gasteiger partial charge < -0.3 is 47.4 Å². The number of thioether (sulfide) groups is 1. The lowest BCUT2D eigenvalue weighted by atomic mass is 10.0. The lowest BCUT2D eigenvalue weighted by Gasteiger charge is -2.30. The van der Waals surface area contributed by atoms with Crippen molar-refractivity contribution < 1.29 is 33.6 Å². The molecule has 0 radical (unpaired) electrons. The van der Waals surface area contributed by atoms with Gasteiger partial charge in [0.1, 0.15) is 30.5 Å². The zero-order chi connectivity index (χ0) is 40.8. The number of rotatable bonds is 21. The molecule has 2 aromatic carbocycles. The van der Waals surface area contributed by atoms with Gasteiger partial charge in [-0.25, -0.2) is 0 Å². The fourth-order valence-electron chi connectivity index (χ4n) is 6.57. The first kappa shape index (κ1) is 43.3.